The summed E-state index contributed by atoms with van der Waals surface area (Å²) in [6.45, 7) is 7.40. The molecule has 1 aromatic carbocycles. The summed E-state index contributed by atoms with van der Waals surface area (Å²) in [6, 6.07) is 10.6. The Morgan fingerprint density at radius 3 is 2.80 bits per heavy atom. The van der Waals surface area contributed by atoms with Gasteiger partial charge in [0.05, 0.1) is 11.0 Å². The highest BCUT2D eigenvalue weighted by Crippen LogP contribution is 2.31. The maximum absolute atomic E-state index is 6.12. The number of nitrogens with zero attached hydrogens (tertiary/aromatic N) is 2. The Morgan fingerprint density at radius 2 is 2.10 bits per heavy atom. The van der Waals surface area contributed by atoms with E-state index in [0.717, 1.165) is 17.6 Å². The molecular formula is C16H19N3S. The molecule has 0 saturated carbocycles. The van der Waals surface area contributed by atoms with Crippen LogP contribution >= 0.6 is 11.3 Å². The number of hydrogen-bond acceptors (Lipinski definition) is 3. The third kappa shape index (κ3) is 2.20. The fourth-order valence-electron chi connectivity index (χ4n) is 2.56. The van der Waals surface area contributed by atoms with Crippen LogP contribution in [0.15, 0.2) is 35.7 Å². The van der Waals surface area contributed by atoms with Crippen LogP contribution in [0.5, 0.6) is 0 Å². The Bertz CT molecular complexity index is 739. The fraction of sp³-hybridized carbons (Fsp3) is 0.312. The number of imidazole rings is 1. The topological polar surface area (TPSA) is 43.8 Å². The van der Waals surface area contributed by atoms with E-state index in [-0.39, 0.29) is 5.41 Å². The largest absolute Gasteiger partial charge is 0.369 e. The van der Waals surface area contributed by atoms with Gasteiger partial charge in [0.15, 0.2) is 0 Å². The van der Waals surface area contributed by atoms with E-state index in [1.54, 1.807) is 11.3 Å². The number of benzene rings is 1. The van der Waals surface area contributed by atoms with Crippen LogP contribution in [0.4, 0.5) is 5.95 Å². The number of nitrogen functional groups attached to an aromatic ring is 1. The van der Waals surface area contributed by atoms with Crippen molar-refractivity contribution in [2.75, 3.05) is 5.73 Å². The second kappa shape index (κ2) is 4.63. The van der Waals surface area contributed by atoms with E-state index in [4.69, 9.17) is 5.73 Å². The van der Waals surface area contributed by atoms with E-state index in [2.05, 4.69) is 66.0 Å². The lowest BCUT2D eigenvalue weighted by atomic mass is 9.91. The van der Waals surface area contributed by atoms with Crippen molar-refractivity contribution in [1.29, 1.82) is 0 Å². The summed E-state index contributed by atoms with van der Waals surface area (Å²) in [5.41, 5.74) is 9.46. The molecule has 0 aliphatic carbocycles. The molecule has 0 aliphatic rings. The summed E-state index contributed by atoms with van der Waals surface area (Å²) in [4.78, 5) is 5.85. The molecule has 0 aliphatic heterocycles. The highest BCUT2D eigenvalue weighted by molar-refractivity contribution is 7.10. The van der Waals surface area contributed by atoms with Gasteiger partial charge in [-0.15, -0.1) is 11.3 Å². The molecule has 2 heterocycles. The highest BCUT2D eigenvalue weighted by atomic mass is 32.1. The molecule has 0 radical (unpaired) electrons. The second-order valence-electron chi connectivity index (χ2n) is 5.91. The van der Waals surface area contributed by atoms with E-state index in [9.17, 15) is 0 Å². The molecule has 3 nitrogen and oxygen atoms in total. The van der Waals surface area contributed by atoms with Gasteiger partial charge in [-0.3, -0.25) is 0 Å². The summed E-state index contributed by atoms with van der Waals surface area (Å²) in [7, 11) is 0. The van der Waals surface area contributed by atoms with Crippen LogP contribution in [-0.4, -0.2) is 9.55 Å². The minimum Gasteiger partial charge on any atom is -0.369 e. The van der Waals surface area contributed by atoms with Gasteiger partial charge in [-0.1, -0.05) is 26.0 Å². The monoisotopic (exact) mass is 285 g/mol. The third-order valence-corrected chi connectivity index (χ3v) is 4.91. The van der Waals surface area contributed by atoms with Gasteiger partial charge in [-0.2, -0.15) is 0 Å². The van der Waals surface area contributed by atoms with E-state index < -0.39 is 0 Å². The summed E-state index contributed by atoms with van der Waals surface area (Å²) >= 11 is 1.79. The minimum absolute atomic E-state index is 0.0425. The molecule has 0 fully saturated rings. The highest BCUT2D eigenvalue weighted by Gasteiger charge is 2.24. The summed E-state index contributed by atoms with van der Waals surface area (Å²) in [5, 5.41) is 2.12. The number of fused-ring (bicyclic) bond motifs is 1. The second-order valence-corrected chi connectivity index (χ2v) is 6.86. The smallest absolute Gasteiger partial charge is 0.201 e. The van der Waals surface area contributed by atoms with Crippen molar-refractivity contribution in [3.05, 3.63) is 46.2 Å². The van der Waals surface area contributed by atoms with Crippen molar-refractivity contribution in [3.63, 3.8) is 0 Å². The maximum atomic E-state index is 6.12. The zero-order valence-corrected chi connectivity index (χ0v) is 12.9. The molecule has 0 saturated heterocycles. The average molecular weight is 285 g/mol. The first-order valence-corrected chi connectivity index (χ1v) is 7.62. The van der Waals surface area contributed by atoms with Gasteiger partial charge in [0.1, 0.15) is 0 Å². The summed E-state index contributed by atoms with van der Waals surface area (Å²) in [5.74, 6) is 0.593. The normalized spacial score (nSPS) is 12.2. The van der Waals surface area contributed by atoms with Crippen LogP contribution in [-0.2, 0) is 12.0 Å². The molecule has 4 heteroatoms. The van der Waals surface area contributed by atoms with Crippen molar-refractivity contribution >= 4 is 28.3 Å². The Kier molecular flexibility index (Phi) is 3.05. The first-order chi connectivity index (χ1) is 9.47. The molecule has 0 bridgehead atoms. The Hall–Kier alpha value is -1.81. The molecule has 3 aromatic rings. The SMILES string of the molecule is Cc1ccc2c(c1)nc(N)n2CC(C)(C)c1cccs1. The molecule has 0 spiro atoms. The number of aryl methyl sites for hydroxylation is 1. The van der Waals surface area contributed by atoms with Crippen LogP contribution in [0.3, 0.4) is 0 Å². The number of rotatable bonds is 3. The lowest BCUT2D eigenvalue weighted by Gasteiger charge is -2.24. The van der Waals surface area contributed by atoms with Gasteiger partial charge in [-0.05, 0) is 36.1 Å². The molecule has 2 aromatic heterocycles. The molecule has 2 N–H and O–H groups in total. The molecule has 3 rings (SSSR count). The van der Waals surface area contributed by atoms with Crippen LogP contribution in [0, 0.1) is 6.92 Å². The summed E-state index contributed by atoms with van der Waals surface area (Å²) in [6.07, 6.45) is 0. The lowest BCUT2D eigenvalue weighted by molar-refractivity contribution is 0.453. The van der Waals surface area contributed by atoms with Crippen molar-refractivity contribution in [2.45, 2.75) is 32.7 Å². The number of aromatic nitrogens is 2. The van der Waals surface area contributed by atoms with Crippen molar-refractivity contribution in [3.8, 4) is 0 Å². The van der Waals surface area contributed by atoms with Gasteiger partial charge in [0.25, 0.3) is 0 Å². The molecule has 20 heavy (non-hydrogen) atoms. The lowest BCUT2D eigenvalue weighted by Crippen LogP contribution is -2.24. The molecule has 0 atom stereocenters. The number of anilines is 1. The molecule has 0 unspecified atom stereocenters. The van der Waals surface area contributed by atoms with Gasteiger partial charge in [-0.25, -0.2) is 4.98 Å². The van der Waals surface area contributed by atoms with Crippen molar-refractivity contribution in [2.24, 2.45) is 0 Å². The number of hydrogen-bond donors (Lipinski definition) is 1. The van der Waals surface area contributed by atoms with Crippen LogP contribution in [0.1, 0.15) is 24.3 Å². The van der Waals surface area contributed by atoms with E-state index in [1.165, 1.54) is 10.4 Å². The van der Waals surface area contributed by atoms with Crippen molar-refractivity contribution in [1.82, 2.24) is 9.55 Å². The maximum Gasteiger partial charge on any atom is 0.201 e. The van der Waals surface area contributed by atoms with Gasteiger partial charge in [0, 0.05) is 16.8 Å². The Labute approximate surface area is 123 Å². The third-order valence-electron chi connectivity index (χ3n) is 3.67. The van der Waals surface area contributed by atoms with Crippen LogP contribution in [0.2, 0.25) is 0 Å². The average Bonchev–Trinajstić information content (AvgIpc) is 2.99. The minimum atomic E-state index is 0.0425. The molecular weight excluding hydrogens is 266 g/mol. The van der Waals surface area contributed by atoms with E-state index >= 15 is 0 Å². The van der Waals surface area contributed by atoms with Crippen LogP contribution < -0.4 is 5.73 Å². The zero-order valence-electron chi connectivity index (χ0n) is 12.1. The van der Waals surface area contributed by atoms with Gasteiger partial charge >= 0.3 is 0 Å². The Balaban J connectivity index is 2.05. The molecule has 0 amide bonds. The fourth-order valence-corrected chi connectivity index (χ4v) is 3.41. The van der Waals surface area contributed by atoms with Crippen LogP contribution in [0.25, 0.3) is 11.0 Å². The van der Waals surface area contributed by atoms with Crippen molar-refractivity contribution < 1.29 is 0 Å². The quantitative estimate of drug-likeness (QED) is 0.791. The zero-order chi connectivity index (χ0) is 14.3. The number of thiophene rings is 1. The van der Waals surface area contributed by atoms with E-state index in [1.807, 2.05) is 0 Å². The number of nitrogens with two attached hydrogens (primary N) is 1. The predicted molar refractivity (Wildman–Crippen MR) is 86.2 cm³/mol. The molecule has 104 valence electrons. The first-order valence-electron chi connectivity index (χ1n) is 6.74. The predicted octanol–water partition coefficient (Wildman–Crippen LogP) is 3.97. The summed E-state index contributed by atoms with van der Waals surface area (Å²) < 4.78 is 2.12. The standard InChI is InChI=1S/C16H19N3S/c1-11-6-7-13-12(9-11)18-15(17)19(13)10-16(2,3)14-5-4-8-20-14/h4-9H,10H2,1-3H3,(H2,17,18). The Morgan fingerprint density at radius 1 is 1.30 bits per heavy atom. The first kappa shape index (κ1) is 13.2. The van der Waals surface area contributed by atoms with Gasteiger partial charge < -0.3 is 10.3 Å². The van der Waals surface area contributed by atoms with E-state index in [0.29, 0.717) is 5.95 Å². The van der Waals surface area contributed by atoms with Gasteiger partial charge in [0.2, 0.25) is 5.95 Å².